The molecular formula is C24H24N2O3S. The Hall–Kier alpha value is -3.12. The summed E-state index contributed by atoms with van der Waals surface area (Å²) in [4.78, 5) is 15.2. The monoisotopic (exact) mass is 420 g/mol. The first-order valence-electron chi connectivity index (χ1n) is 9.92. The molecular weight excluding hydrogens is 396 g/mol. The van der Waals surface area contributed by atoms with E-state index in [-0.39, 0.29) is 23.4 Å². The maximum Gasteiger partial charge on any atom is 0.264 e. The molecule has 30 heavy (non-hydrogen) atoms. The van der Waals surface area contributed by atoms with Gasteiger partial charge in [-0.3, -0.25) is 9.10 Å². The number of nitrogens with zero attached hydrogens (tertiary/aromatic N) is 2. The van der Waals surface area contributed by atoms with Crippen LogP contribution in [0, 0.1) is 6.92 Å². The largest absolute Gasteiger partial charge is 0.307 e. The lowest BCUT2D eigenvalue weighted by atomic mass is 10.1. The molecule has 154 valence electrons. The van der Waals surface area contributed by atoms with Crippen LogP contribution in [0.4, 0.5) is 11.4 Å². The average molecular weight is 421 g/mol. The molecule has 0 spiro atoms. The summed E-state index contributed by atoms with van der Waals surface area (Å²) in [7, 11) is -3.90. The van der Waals surface area contributed by atoms with Crippen LogP contribution in [-0.2, 0) is 21.2 Å². The summed E-state index contributed by atoms with van der Waals surface area (Å²) in [5.41, 5.74) is 3.45. The number of rotatable bonds is 5. The van der Waals surface area contributed by atoms with E-state index in [1.165, 1.54) is 4.31 Å². The number of aryl methyl sites for hydroxylation is 1. The van der Waals surface area contributed by atoms with Crippen molar-refractivity contribution in [2.24, 2.45) is 0 Å². The van der Waals surface area contributed by atoms with Crippen LogP contribution < -0.4 is 9.21 Å². The van der Waals surface area contributed by atoms with Gasteiger partial charge in [-0.1, -0.05) is 54.1 Å². The molecule has 0 N–H and O–H groups in total. The van der Waals surface area contributed by atoms with Crippen molar-refractivity contribution in [3.8, 4) is 0 Å². The van der Waals surface area contributed by atoms with Crippen molar-refractivity contribution in [3.63, 3.8) is 0 Å². The van der Waals surface area contributed by atoms with Gasteiger partial charge in [0.25, 0.3) is 10.0 Å². The minimum Gasteiger partial charge on any atom is -0.307 e. The van der Waals surface area contributed by atoms with Gasteiger partial charge in [-0.15, -0.1) is 0 Å². The second-order valence-corrected chi connectivity index (χ2v) is 9.47. The fourth-order valence-electron chi connectivity index (χ4n) is 3.89. The number of carbonyl (C=O) groups is 1. The van der Waals surface area contributed by atoms with E-state index in [1.807, 2.05) is 50.2 Å². The zero-order valence-electron chi connectivity index (χ0n) is 17.0. The van der Waals surface area contributed by atoms with E-state index in [4.69, 9.17) is 0 Å². The molecule has 0 saturated heterocycles. The van der Waals surface area contributed by atoms with Gasteiger partial charge in [-0.25, -0.2) is 8.42 Å². The number of amides is 1. The number of carbonyl (C=O) groups excluding carboxylic acids is 1. The number of para-hydroxylation sites is 1. The summed E-state index contributed by atoms with van der Waals surface area (Å²) >= 11 is 0. The van der Waals surface area contributed by atoms with Crippen LogP contribution in [-0.4, -0.2) is 26.9 Å². The van der Waals surface area contributed by atoms with Gasteiger partial charge < -0.3 is 4.90 Å². The van der Waals surface area contributed by atoms with Gasteiger partial charge >= 0.3 is 0 Å². The van der Waals surface area contributed by atoms with Crippen molar-refractivity contribution in [2.75, 3.05) is 15.7 Å². The molecule has 3 aromatic carbocycles. The normalized spacial score (nSPS) is 15.7. The van der Waals surface area contributed by atoms with E-state index in [1.54, 1.807) is 47.4 Å². The molecule has 4 rings (SSSR count). The van der Waals surface area contributed by atoms with Gasteiger partial charge in [0.05, 0.1) is 10.6 Å². The Bertz CT molecular complexity index is 1160. The molecule has 0 aliphatic carbocycles. The molecule has 5 nitrogen and oxygen atoms in total. The summed E-state index contributed by atoms with van der Waals surface area (Å²) in [6.45, 7) is 3.66. The predicted molar refractivity (Wildman–Crippen MR) is 119 cm³/mol. The molecule has 1 amide bonds. The number of sulfonamides is 1. The van der Waals surface area contributed by atoms with Crippen molar-refractivity contribution in [1.29, 1.82) is 0 Å². The Morgan fingerprint density at radius 2 is 1.60 bits per heavy atom. The second-order valence-electron chi connectivity index (χ2n) is 7.61. The van der Waals surface area contributed by atoms with Crippen LogP contribution in [0.1, 0.15) is 18.1 Å². The minimum atomic E-state index is -3.90. The highest BCUT2D eigenvalue weighted by atomic mass is 32.2. The van der Waals surface area contributed by atoms with Gasteiger partial charge in [-0.05, 0) is 56.2 Å². The van der Waals surface area contributed by atoms with Gasteiger partial charge in [-0.2, -0.15) is 0 Å². The maximum atomic E-state index is 13.5. The quantitative estimate of drug-likeness (QED) is 0.623. The maximum absolute atomic E-state index is 13.5. The third-order valence-electron chi connectivity index (χ3n) is 5.41. The zero-order chi connectivity index (χ0) is 21.3. The topological polar surface area (TPSA) is 57.7 Å². The molecule has 0 saturated carbocycles. The Morgan fingerprint density at radius 3 is 2.30 bits per heavy atom. The van der Waals surface area contributed by atoms with E-state index in [2.05, 4.69) is 0 Å². The zero-order valence-corrected chi connectivity index (χ0v) is 17.8. The number of anilines is 2. The lowest BCUT2D eigenvalue weighted by molar-refractivity contribution is -0.117. The van der Waals surface area contributed by atoms with Crippen LogP contribution in [0.3, 0.4) is 0 Å². The summed E-state index contributed by atoms with van der Waals surface area (Å²) in [5.74, 6) is -0.243. The van der Waals surface area contributed by atoms with E-state index < -0.39 is 10.0 Å². The SMILES string of the molecule is Cc1ccc(N(CC(=O)N2c3ccccc3C[C@@H]2C)S(=O)(=O)c2ccccc2)cc1. The smallest absolute Gasteiger partial charge is 0.264 e. The second kappa shape index (κ2) is 7.95. The first-order valence-corrected chi connectivity index (χ1v) is 11.4. The Balaban J connectivity index is 1.72. The minimum absolute atomic E-state index is 0.0193. The molecule has 0 radical (unpaired) electrons. The standard InChI is InChI=1S/C24H24N2O3S/c1-18-12-14-21(15-13-18)25(30(28,29)22-9-4-3-5-10-22)17-24(27)26-19(2)16-20-8-6-7-11-23(20)26/h3-15,19H,16-17H2,1-2H3/t19-/m0/s1. The van der Waals surface area contributed by atoms with Crippen LogP contribution >= 0.6 is 0 Å². The number of hydrogen-bond donors (Lipinski definition) is 0. The summed E-state index contributed by atoms with van der Waals surface area (Å²) in [5, 5.41) is 0. The summed E-state index contributed by atoms with van der Waals surface area (Å²) < 4.78 is 28.1. The molecule has 1 aliphatic rings. The summed E-state index contributed by atoms with van der Waals surface area (Å²) in [6.07, 6.45) is 0.762. The first kappa shape index (κ1) is 20.2. The summed E-state index contributed by atoms with van der Waals surface area (Å²) in [6, 6.07) is 23.2. The number of benzene rings is 3. The van der Waals surface area contributed by atoms with Crippen molar-refractivity contribution >= 4 is 27.3 Å². The van der Waals surface area contributed by atoms with Crippen LogP contribution in [0.25, 0.3) is 0 Å². The highest BCUT2D eigenvalue weighted by Crippen LogP contribution is 2.33. The first-order chi connectivity index (χ1) is 14.4. The van der Waals surface area contributed by atoms with Crippen LogP contribution in [0.5, 0.6) is 0 Å². The van der Waals surface area contributed by atoms with Crippen molar-refractivity contribution in [3.05, 3.63) is 90.0 Å². The highest BCUT2D eigenvalue weighted by Gasteiger charge is 2.34. The van der Waals surface area contributed by atoms with E-state index in [0.29, 0.717) is 5.69 Å². The van der Waals surface area contributed by atoms with Gasteiger partial charge in [0.1, 0.15) is 6.54 Å². The predicted octanol–water partition coefficient (Wildman–Crippen LogP) is 4.17. The molecule has 1 heterocycles. The molecule has 0 fully saturated rings. The van der Waals surface area contributed by atoms with E-state index >= 15 is 0 Å². The molecule has 0 bridgehead atoms. The van der Waals surface area contributed by atoms with Gasteiger partial charge in [0.2, 0.25) is 5.91 Å². The molecule has 1 atom stereocenters. The average Bonchev–Trinajstić information content (AvgIpc) is 3.09. The van der Waals surface area contributed by atoms with Crippen LogP contribution in [0.2, 0.25) is 0 Å². The molecule has 1 aliphatic heterocycles. The molecule has 0 aromatic heterocycles. The Morgan fingerprint density at radius 1 is 0.967 bits per heavy atom. The van der Waals surface area contributed by atoms with E-state index in [0.717, 1.165) is 23.2 Å². The van der Waals surface area contributed by atoms with Crippen molar-refractivity contribution < 1.29 is 13.2 Å². The van der Waals surface area contributed by atoms with E-state index in [9.17, 15) is 13.2 Å². The third kappa shape index (κ3) is 3.71. The van der Waals surface area contributed by atoms with Crippen LogP contribution in [0.15, 0.2) is 83.8 Å². The molecule has 3 aromatic rings. The van der Waals surface area contributed by atoms with Gasteiger partial charge in [0, 0.05) is 11.7 Å². The number of fused-ring (bicyclic) bond motifs is 1. The number of hydrogen-bond acceptors (Lipinski definition) is 3. The highest BCUT2D eigenvalue weighted by molar-refractivity contribution is 7.92. The lowest BCUT2D eigenvalue weighted by Gasteiger charge is -2.29. The van der Waals surface area contributed by atoms with Crippen molar-refractivity contribution in [1.82, 2.24) is 0 Å². The third-order valence-corrected chi connectivity index (χ3v) is 7.20. The molecule has 0 unspecified atom stereocenters. The molecule has 6 heteroatoms. The van der Waals surface area contributed by atoms with Crippen molar-refractivity contribution in [2.45, 2.75) is 31.2 Å². The fourth-order valence-corrected chi connectivity index (χ4v) is 5.33. The Labute approximate surface area is 177 Å². The lowest BCUT2D eigenvalue weighted by Crippen LogP contribution is -2.45. The van der Waals surface area contributed by atoms with Gasteiger partial charge in [0.15, 0.2) is 0 Å². The fraction of sp³-hybridized carbons (Fsp3) is 0.208. The Kier molecular flexibility index (Phi) is 5.35.